The van der Waals surface area contributed by atoms with E-state index in [0.717, 1.165) is 44.2 Å². The second-order valence-electron chi connectivity index (χ2n) is 7.48. The maximum absolute atomic E-state index is 12.7. The number of rotatable bonds is 6. The molecule has 0 radical (unpaired) electrons. The van der Waals surface area contributed by atoms with E-state index < -0.39 is 0 Å². The van der Waals surface area contributed by atoms with Crippen molar-refractivity contribution in [1.29, 1.82) is 0 Å². The Bertz CT molecular complexity index is 1360. The van der Waals surface area contributed by atoms with Crippen LogP contribution in [0.1, 0.15) is 22.4 Å². The number of carbonyl (C=O) groups is 1. The Morgan fingerprint density at radius 2 is 1.70 bits per heavy atom. The molecule has 0 saturated carbocycles. The summed E-state index contributed by atoms with van der Waals surface area (Å²) in [5, 5.41) is 9.62. The van der Waals surface area contributed by atoms with Crippen molar-refractivity contribution in [1.82, 2.24) is 15.2 Å². The van der Waals surface area contributed by atoms with Crippen LogP contribution in [0.5, 0.6) is 0 Å². The summed E-state index contributed by atoms with van der Waals surface area (Å²) in [7, 11) is 0. The molecule has 4 heteroatoms. The molecule has 4 nitrogen and oxygen atoms in total. The quantitative estimate of drug-likeness (QED) is 0.397. The number of fused-ring (bicyclic) bond motifs is 2. The molecule has 0 atom stereocenters. The average molecular weight is 391 g/mol. The van der Waals surface area contributed by atoms with E-state index in [9.17, 15) is 4.79 Å². The van der Waals surface area contributed by atoms with E-state index in [-0.39, 0.29) is 5.78 Å². The van der Waals surface area contributed by atoms with Gasteiger partial charge in [0.05, 0.1) is 11.2 Å². The van der Waals surface area contributed by atoms with Crippen molar-refractivity contribution in [3.8, 4) is 0 Å². The van der Waals surface area contributed by atoms with Crippen LogP contribution in [0.2, 0.25) is 0 Å². The molecule has 2 N–H and O–H groups in total. The van der Waals surface area contributed by atoms with E-state index in [2.05, 4.69) is 45.5 Å². The summed E-state index contributed by atoms with van der Waals surface area (Å²) in [5.74, 6) is 0.198. The van der Waals surface area contributed by atoms with Gasteiger partial charge in [-0.25, -0.2) is 0 Å². The van der Waals surface area contributed by atoms with E-state index in [1.54, 1.807) is 0 Å². The minimum Gasteiger partial charge on any atom is -0.361 e. The average Bonchev–Trinajstić information content (AvgIpc) is 3.37. The molecule has 2 heterocycles. The Morgan fingerprint density at radius 3 is 2.60 bits per heavy atom. The second-order valence-corrected chi connectivity index (χ2v) is 7.48. The number of H-pyrrole nitrogens is 2. The van der Waals surface area contributed by atoms with Gasteiger partial charge in [-0.3, -0.25) is 9.89 Å². The molecule has 0 aliphatic carbocycles. The lowest BCUT2D eigenvalue weighted by Gasteiger charge is -2.02. The zero-order valence-electron chi connectivity index (χ0n) is 16.4. The number of ketones is 1. The van der Waals surface area contributed by atoms with Crippen molar-refractivity contribution in [2.45, 2.75) is 12.8 Å². The molecule has 146 valence electrons. The fourth-order valence-corrected chi connectivity index (χ4v) is 3.84. The highest BCUT2D eigenvalue weighted by atomic mass is 16.1. The summed E-state index contributed by atoms with van der Waals surface area (Å²) in [4.78, 5) is 16.0. The number of aromatic nitrogens is 3. The first-order valence-corrected chi connectivity index (χ1v) is 10.0. The molecule has 5 aromatic rings. The number of para-hydroxylation sites is 1. The number of benzene rings is 3. The Morgan fingerprint density at radius 1 is 0.867 bits per heavy atom. The van der Waals surface area contributed by atoms with Crippen molar-refractivity contribution in [3.05, 3.63) is 101 Å². The normalized spacial score (nSPS) is 11.6. The van der Waals surface area contributed by atoms with Gasteiger partial charge in [-0.05, 0) is 41.0 Å². The maximum Gasteiger partial charge on any atom is 0.141 e. The van der Waals surface area contributed by atoms with Crippen LogP contribution >= 0.6 is 0 Å². The van der Waals surface area contributed by atoms with Crippen LogP contribution < -0.4 is 0 Å². The van der Waals surface area contributed by atoms with Crippen molar-refractivity contribution in [2.24, 2.45) is 0 Å². The van der Waals surface area contributed by atoms with E-state index in [0.29, 0.717) is 12.8 Å². The second kappa shape index (κ2) is 7.84. The summed E-state index contributed by atoms with van der Waals surface area (Å²) < 4.78 is 0. The lowest BCUT2D eigenvalue weighted by atomic mass is 10.0. The number of Topliss-reactive ketones (excluding diaryl/α,β-unsaturated/α-hetero) is 1. The molecular formula is C26H21N3O. The van der Waals surface area contributed by atoms with Crippen LogP contribution in [0.25, 0.3) is 34.0 Å². The van der Waals surface area contributed by atoms with E-state index in [1.165, 1.54) is 0 Å². The summed E-state index contributed by atoms with van der Waals surface area (Å²) in [6.07, 6.45) is 6.86. The molecular weight excluding hydrogens is 370 g/mol. The van der Waals surface area contributed by atoms with Crippen molar-refractivity contribution in [2.75, 3.05) is 0 Å². The highest BCUT2D eigenvalue weighted by Crippen LogP contribution is 2.22. The van der Waals surface area contributed by atoms with Crippen molar-refractivity contribution < 1.29 is 4.79 Å². The van der Waals surface area contributed by atoms with Gasteiger partial charge in [-0.15, -0.1) is 0 Å². The predicted molar refractivity (Wildman–Crippen MR) is 122 cm³/mol. The Hall–Kier alpha value is -3.92. The molecule has 0 aliphatic rings. The molecule has 30 heavy (non-hydrogen) atoms. The Balaban J connectivity index is 1.35. The molecule has 2 aromatic heterocycles. The minimum atomic E-state index is 0.198. The third kappa shape index (κ3) is 3.67. The topological polar surface area (TPSA) is 61.5 Å². The highest BCUT2D eigenvalue weighted by Gasteiger charge is 2.11. The number of nitrogens with zero attached hydrogens (tertiary/aromatic N) is 1. The smallest absolute Gasteiger partial charge is 0.141 e. The summed E-state index contributed by atoms with van der Waals surface area (Å²) >= 11 is 0. The van der Waals surface area contributed by atoms with Gasteiger partial charge in [0.2, 0.25) is 0 Å². The maximum atomic E-state index is 12.7. The van der Waals surface area contributed by atoms with Crippen LogP contribution in [-0.2, 0) is 17.6 Å². The summed E-state index contributed by atoms with van der Waals surface area (Å²) in [6, 6.07) is 24.3. The Labute approximate surface area is 174 Å². The first kappa shape index (κ1) is 18.1. The number of hydrogen-bond acceptors (Lipinski definition) is 2. The van der Waals surface area contributed by atoms with Crippen LogP contribution in [0.3, 0.4) is 0 Å². The van der Waals surface area contributed by atoms with Crippen molar-refractivity contribution >= 4 is 39.7 Å². The third-order valence-corrected chi connectivity index (χ3v) is 5.35. The van der Waals surface area contributed by atoms with E-state index in [1.807, 2.05) is 60.8 Å². The van der Waals surface area contributed by atoms with Crippen LogP contribution in [0, 0.1) is 0 Å². The number of carbonyl (C=O) groups excluding carboxylic acids is 1. The molecule has 0 saturated heterocycles. The van der Waals surface area contributed by atoms with Gasteiger partial charge in [0.25, 0.3) is 0 Å². The molecule has 0 spiro atoms. The predicted octanol–water partition coefficient (Wildman–Crippen LogP) is 5.57. The SMILES string of the molecule is O=C(Cc1ccc2n[nH]c(/C=C/c3ccccc3)c2c1)Cc1c[nH]c2ccccc12. The number of aromatic amines is 2. The lowest BCUT2D eigenvalue weighted by molar-refractivity contribution is -0.117. The zero-order valence-corrected chi connectivity index (χ0v) is 16.4. The fourth-order valence-electron chi connectivity index (χ4n) is 3.84. The molecule has 0 bridgehead atoms. The van der Waals surface area contributed by atoms with Gasteiger partial charge in [0.15, 0.2) is 0 Å². The summed E-state index contributed by atoms with van der Waals surface area (Å²) in [6.45, 7) is 0. The van der Waals surface area contributed by atoms with Gasteiger partial charge in [0.1, 0.15) is 5.78 Å². The third-order valence-electron chi connectivity index (χ3n) is 5.35. The molecule has 5 rings (SSSR count). The molecule has 0 unspecified atom stereocenters. The highest BCUT2D eigenvalue weighted by molar-refractivity contribution is 5.93. The standard InChI is InChI=1S/C26H21N3O/c30-21(16-20-17-27-24-9-5-4-8-22(20)24)14-19-11-13-26-23(15-19)25(28-29-26)12-10-18-6-2-1-3-7-18/h1-13,15,17,27H,14,16H2,(H,28,29)/b12-10+. The van der Waals surface area contributed by atoms with Gasteiger partial charge in [-0.2, -0.15) is 5.10 Å². The van der Waals surface area contributed by atoms with E-state index >= 15 is 0 Å². The first-order valence-electron chi connectivity index (χ1n) is 10.0. The number of hydrogen-bond donors (Lipinski definition) is 2. The molecule has 0 aliphatic heterocycles. The molecule has 0 amide bonds. The summed E-state index contributed by atoms with van der Waals surface area (Å²) in [5.41, 5.74) is 6.09. The van der Waals surface area contributed by atoms with Crippen LogP contribution in [0.4, 0.5) is 0 Å². The van der Waals surface area contributed by atoms with Crippen LogP contribution in [-0.4, -0.2) is 21.0 Å². The molecule has 3 aromatic carbocycles. The number of nitrogens with one attached hydrogen (secondary N) is 2. The monoisotopic (exact) mass is 391 g/mol. The zero-order chi connectivity index (χ0) is 20.3. The lowest BCUT2D eigenvalue weighted by Crippen LogP contribution is -2.06. The van der Waals surface area contributed by atoms with E-state index in [4.69, 9.17) is 0 Å². The van der Waals surface area contributed by atoms with Gasteiger partial charge in [-0.1, -0.05) is 60.7 Å². The first-order chi connectivity index (χ1) is 14.8. The largest absolute Gasteiger partial charge is 0.361 e. The van der Waals surface area contributed by atoms with Gasteiger partial charge in [0, 0.05) is 35.3 Å². The molecule has 0 fully saturated rings. The van der Waals surface area contributed by atoms with Gasteiger partial charge < -0.3 is 4.98 Å². The fraction of sp³-hybridized carbons (Fsp3) is 0.0769. The van der Waals surface area contributed by atoms with Crippen LogP contribution in [0.15, 0.2) is 79.0 Å². The Kier molecular flexibility index (Phi) is 4.74. The van der Waals surface area contributed by atoms with Gasteiger partial charge >= 0.3 is 0 Å². The minimum absolute atomic E-state index is 0.198. The van der Waals surface area contributed by atoms with Crippen molar-refractivity contribution in [3.63, 3.8) is 0 Å².